The van der Waals surface area contributed by atoms with Gasteiger partial charge < -0.3 is 4.74 Å². The standard InChI is InChI=1S/C8H17NOS/c1-7(2)8-6-9(11-3)4-5-10-8/h7-8H,4-6H2,1-3H3. The van der Waals surface area contributed by atoms with E-state index in [2.05, 4.69) is 24.4 Å². The van der Waals surface area contributed by atoms with E-state index in [4.69, 9.17) is 4.74 Å². The van der Waals surface area contributed by atoms with Crippen molar-refractivity contribution in [1.29, 1.82) is 0 Å². The van der Waals surface area contributed by atoms with Gasteiger partial charge in [0.1, 0.15) is 0 Å². The van der Waals surface area contributed by atoms with Gasteiger partial charge in [0, 0.05) is 13.1 Å². The average molecular weight is 175 g/mol. The zero-order chi connectivity index (χ0) is 8.27. The predicted octanol–water partition coefficient (Wildman–Crippen LogP) is 1.62. The molecule has 2 nitrogen and oxygen atoms in total. The second kappa shape index (κ2) is 4.33. The van der Waals surface area contributed by atoms with Gasteiger partial charge in [0.25, 0.3) is 0 Å². The minimum Gasteiger partial charge on any atom is -0.375 e. The largest absolute Gasteiger partial charge is 0.375 e. The summed E-state index contributed by atoms with van der Waals surface area (Å²) in [5.41, 5.74) is 0. The van der Waals surface area contributed by atoms with Crippen LogP contribution in [0.25, 0.3) is 0 Å². The molecule has 0 bridgehead atoms. The molecule has 0 amide bonds. The Hall–Kier alpha value is 0.270. The normalized spacial score (nSPS) is 27.8. The van der Waals surface area contributed by atoms with E-state index >= 15 is 0 Å². The lowest BCUT2D eigenvalue weighted by Gasteiger charge is -2.33. The van der Waals surface area contributed by atoms with Gasteiger partial charge in [-0.25, -0.2) is 4.31 Å². The Bertz CT molecular complexity index is 119. The zero-order valence-corrected chi connectivity index (χ0v) is 8.36. The Morgan fingerprint density at radius 2 is 2.27 bits per heavy atom. The van der Waals surface area contributed by atoms with Crippen LogP contribution < -0.4 is 0 Å². The molecule has 1 rings (SSSR count). The molecule has 0 radical (unpaired) electrons. The summed E-state index contributed by atoms with van der Waals surface area (Å²) < 4.78 is 7.99. The maximum absolute atomic E-state index is 5.62. The molecule has 0 N–H and O–H groups in total. The topological polar surface area (TPSA) is 12.5 Å². The molecule has 0 saturated carbocycles. The van der Waals surface area contributed by atoms with Gasteiger partial charge in [0.2, 0.25) is 0 Å². The van der Waals surface area contributed by atoms with Gasteiger partial charge >= 0.3 is 0 Å². The summed E-state index contributed by atoms with van der Waals surface area (Å²) in [5, 5.41) is 0. The summed E-state index contributed by atoms with van der Waals surface area (Å²) in [6, 6.07) is 0. The van der Waals surface area contributed by atoms with E-state index in [0.29, 0.717) is 12.0 Å². The van der Waals surface area contributed by atoms with Gasteiger partial charge in [-0.15, -0.1) is 0 Å². The highest BCUT2D eigenvalue weighted by Gasteiger charge is 2.21. The maximum Gasteiger partial charge on any atom is 0.0734 e. The summed E-state index contributed by atoms with van der Waals surface area (Å²) in [5.74, 6) is 0.643. The van der Waals surface area contributed by atoms with Crippen molar-refractivity contribution in [2.24, 2.45) is 5.92 Å². The SMILES string of the molecule is CSN1CCOC(C(C)C)C1. The molecule has 0 aromatic heterocycles. The summed E-state index contributed by atoms with van der Waals surface area (Å²) >= 11 is 1.82. The quantitative estimate of drug-likeness (QED) is 0.592. The Balaban J connectivity index is 2.33. The molecule has 1 unspecified atom stereocenters. The van der Waals surface area contributed by atoms with E-state index in [9.17, 15) is 0 Å². The van der Waals surface area contributed by atoms with Crippen LogP contribution in [0, 0.1) is 5.92 Å². The van der Waals surface area contributed by atoms with E-state index in [1.54, 1.807) is 0 Å². The fourth-order valence-electron chi connectivity index (χ4n) is 1.22. The van der Waals surface area contributed by atoms with Crippen LogP contribution in [0.4, 0.5) is 0 Å². The lowest BCUT2D eigenvalue weighted by Crippen LogP contribution is -2.41. The van der Waals surface area contributed by atoms with Gasteiger partial charge in [-0.1, -0.05) is 25.8 Å². The number of nitrogens with zero attached hydrogens (tertiary/aromatic N) is 1. The number of morpholine rings is 1. The monoisotopic (exact) mass is 175 g/mol. The third-order valence-electron chi connectivity index (χ3n) is 2.06. The van der Waals surface area contributed by atoms with Crippen LogP contribution in [0.3, 0.4) is 0 Å². The number of hydrogen-bond donors (Lipinski definition) is 0. The Labute approximate surface area is 73.4 Å². The first-order valence-corrected chi connectivity index (χ1v) is 5.33. The average Bonchev–Trinajstić information content (AvgIpc) is 2.05. The summed E-state index contributed by atoms with van der Waals surface area (Å²) in [6.45, 7) is 7.48. The molecular formula is C8H17NOS. The Morgan fingerprint density at radius 1 is 1.55 bits per heavy atom. The second-order valence-corrected chi connectivity index (χ2v) is 4.11. The van der Waals surface area contributed by atoms with Crippen molar-refractivity contribution >= 4 is 11.9 Å². The molecule has 66 valence electrons. The minimum absolute atomic E-state index is 0.441. The van der Waals surface area contributed by atoms with Crippen LogP contribution in [0.2, 0.25) is 0 Å². The first kappa shape index (κ1) is 9.36. The minimum atomic E-state index is 0.441. The molecule has 1 heterocycles. The van der Waals surface area contributed by atoms with E-state index in [-0.39, 0.29) is 0 Å². The van der Waals surface area contributed by atoms with Gasteiger partial charge in [0.05, 0.1) is 12.7 Å². The lowest BCUT2D eigenvalue weighted by molar-refractivity contribution is -0.0235. The Kier molecular flexibility index (Phi) is 3.69. The van der Waals surface area contributed by atoms with Crippen LogP contribution in [-0.2, 0) is 4.74 Å². The molecule has 1 atom stereocenters. The first-order valence-electron chi connectivity index (χ1n) is 4.14. The summed E-state index contributed by atoms with van der Waals surface area (Å²) in [7, 11) is 0. The predicted molar refractivity (Wildman–Crippen MR) is 49.7 cm³/mol. The molecule has 0 spiro atoms. The lowest BCUT2D eigenvalue weighted by atomic mass is 10.1. The van der Waals surface area contributed by atoms with E-state index < -0.39 is 0 Å². The molecule has 1 fully saturated rings. The molecule has 0 aromatic carbocycles. The van der Waals surface area contributed by atoms with Gasteiger partial charge in [-0.05, 0) is 12.2 Å². The highest BCUT2D eigenvalue weighted by atomic mass is 32.2. The highest BCUT2D eigenvalue weighted by molar-refractivity contribution is 7.96. The van der Waals surface area contributed by atoms with Crippen LogP contribution in [0.5, 0.6) is 0 Å². The van der Waals surface area contributed by atoms with Gasteiger partial charge in [-0.2, -0.15) is 0 Å². The van der Waals surface area contributed by atoms with Crippen LogP contribution in [0.15, 0.2) is 0 Å². The molecule has 0 aromatic rings. The van der Waals surface area contributed by atoms with Crippen molar-refractivity contribution in [3.05, 3.63) is 0 Å². The number of ether oxygens (including phenoxy) is 1. The van der Waals surface area contributed by atoms with Gasteiger partial charge in [0.15, 0.2) is 0 Å². The molecule has 11 heavy (non-hydrogen) atoms. The van der Waals surface area contributed by atoms with Crippen molar-refractivity contribution in [2.75, 3.05) is 26.0 Å². The summed E-state index contributed by atoms with van der Waals surface area (Å²) in [6.07, 6.45) is 2.57. The smallest absolute Gasteiger partial charge is 0.0734 e. The number of hydrogen-bond acceptors (Lipinski definition) is 3. The van der Waals surface area contributed by atoms with Crippen molar-refractivity contribution < 1.29 is 4.74 Å². The highest BCUT2D eigenvalue weighted by Crippen LogP contribution is 2.17. The van der Waals surface area contributed by atoms with Crippen molar-refractivity contribution in [2.45, 2.75) is 20.0 Å². The summed E-state index contributed by atoms with van der Waals surface area (Å²) in [4.78, 5) is 0. The van der Waals surface area contributed by atoms with Crippen LogP contribution in [-0.4, -0.2) is 36.4 Å². The van der Waals surface area contributed by atoms with E-state index in [1.807, 2.05) is 11.9 Å². The molecule has 1 aliphatic rings. The van der Waals surface area contributed by atoms with Crippen molar-refractivity contribution in [3.8, 4) is 0 Å². The molecule has 1 saturated heterocycles. The third-order valence-corrected chi connectivity index (χ3v) is 2.91. The van der Waals surface area contributed by atoms with Gasteiger partial charge in [-0.3, -0.25) is 0 Å². The Morgan fingerprint density at radius 3 is 2.82 bits per heavy atom. The maximum atomic E-state index is 5.62. The van der Waals surface area contributed by atoms with Crippen LogP contribution >= 0.6 is 11.9 Å². The van der Waals surface area contributed by atoms with E-state index in [1.165, 1.54) is 0 Å². The zero-order valence-electron chi connectivity index (χ0n) is 7.54. The third kappa shape index (κ3) is 2.65. The molecule has 3 heteroatoms. The molecule has 1 aliphatic heterocycles. The van der Waals surface area contributed by atoms with Crippen molar-refractivity contribution in [1.82, 2.24) is 4.31 Å². The van der Waals surface area contributed by atoms with E-state index in [0.717, 1.165) is 19.7 Å². The second-order valence-electron chi connectivity index (χ2n) is 3.22. The molecular weight excluding hydrogens is 158 g/mol. The number of rotatable bonds is 2. The first-order chi connectivity index (χ1) is 5.24. The van der Waals surface area contributed by atoms with Crippen molar-refractivity contribution in [3.63, 3.8) is 0 Å². The fraction of sp³-hybridized carbons (Fsp3) is 1.00. The molecule has 0 aliphatic carbocycles. The van der Waals surface area contributed by atoms with Crippen LogP contribution in [0.1, 0.15) is 13.8 Å². The fourth-order valence-corrected chi connectivity index (χ4v) is 1.77.